The lowest BCUT2D eigenvalue weighted by Crippen LogP contribution is -2.37. The number of aliphatic carboxylic acids is 1. The van der Waals surface area contributed by atoms with Crippen LogP contribution in [0.3, 0.4) is 0 Å². The Morgan fingerprint density at radius 2 is 1.56 bits per heavy atom. The van der Waals surface area contributed by atoms with E-state index in [1.54, 1.807) is 24.3 Å². The average Bonchev–Trinajstić information content (AvgIpc) is 3.13. The van der Waals surface area contributed by atoms with Crippen molar-refractivity contribution >= 4 is 26.5 Å². The highest BCUT2D eigenvalue weighted by Crippen LogP contribution is 2.55. The minimum atomic E-state index is -5.19. The van der Waals surface area contributed by atoms with E-state index in [1.165, 1.54) is 0 Å². The molecule has 0 spiro atoms. The van der Waals surface area contributed by atoms with Gasteiger partial charge < -0.3 is 9.90 Å². The fraction of sp³-hybridized carbons (Fsp3) is 0.438. The monoisotopic (exact) mass is 384 g/mol. The van der Waals surface area contributed by atoms with Crippen LogP contribution in [0.25, 0.3) is 10.1 Å². The second-order valence-electron chi connectivity index (χ2n) is 5.60. The maximum Gasteiger partial charge on any atom is 0.600 e. The van der Waals surface area contributed by atoms with Gasteiger partial charge in [0, 0.05) is 17.4 Å². The molecule has 2 nitrogen and oxygen atoms in total. The van der Waals surface area contributed by atoms with Crippen molar-refractivity contribution < 1.29 is 36.2 Å². The third-order valence-electron chi connectivity index (χ3n) is 3.89. The quantitative estimate of drug-likeness (QED) is 0.512. The lowest BCUT2D eigenvalue weighted by molar-refractivity contribution is -0.344. The van der Waals surface area contributed by atoms with Crippen LogP contribution in [0.5, 0.6) is 0 Å². The zero-order valence-corrected chi connectivity index (χ0v) is 13.6. The van der Waals surface area contributed by atoms with Crippen LogP contribution >= 0.6 is 10.5 Å². The van der Waals surface area contributed by atoms with Crippen molar-refractivity contribution in [3.63, 3.8) is 0 Å². The van der Waals surface area contributed by atoms with Gasteiger partial charge in [-0.2, -0.15) is 13.2 Å². The largest absolute Gasteiger partial charge is 0.600 e. The van der Waals surface area contributed by atoms with Crippen LogP contribution in [0, 0.1) is 0 Å². The van der Waals surface area contributed by atoms with Crippen LogP contribution in [0.2, 0.25) is 0 Å². The van der Waals surface area contributed by atoms with E-state index in [4.69, 9.17) is 9.90 Å². The van der Waals surface area contributed by atoms with Gasteiger partial charge >= 0.3 is 11.7 Å². The van der Waals surface area contributed by atoms with Gasteiger partial charge in [0.25, 0.3) is 0 Å². The topological polar surface area (TPSA) is 40.1 Å². The Labute approximate surface area is 142 Å². The van der Waals surface area contributed by atoms with Crippen molar-refractivity contribution in [2.45, 2.75) is 43.3 Å². The first kappa shape index (κ1) is 19.6. The first-order chi connectivity index (χ1) is 11.5. The summed E-state index contributed by atoms with van der Waals surface area (Å²) in [4.78, 5) is 9.41. The molecule has 1 heterocycles. The van der Waals surface area contributed by atoms with Gasteiger partial charge in [-0.3, -0.25) is 0 Å². The van der Waals surface area contributed by atoms with E-state index in [2.05, 4.69) is 0 Å². The summed E-state index contributed by atoms with van der Waals surface area (Å²) in [6.45, 7) is 0. The Bertz CT molecular complexity index is 741. The first-order valence-electron chi connectivity index (χ1n) is 7.41. The van der Waals surface area contributed by atoms with Crippen LogP contribution in [-0.2, 0) is 10.3 Å². The number of halogens is 6. The average molecular weight is 384 g/mol. The van der Waals surface area contributed by atoms with Gasteiger partial charge in [0.15, 0.2) is 9.58 Å². The van der Waals surface area contributed by atoms with Crippen LogP contribution < -0.4 is 5.11 Å². The predicted octanol–water partition coefficient (Wildman–Crippen LogP) is 5.02. The summed E-state index contributed by atoms with van der Waals surface area (Å²) in [6, 6.07) is 8.73. The third-order valence-corrected chi connectivity index (χ3v) is 6.09. The minimum Gasteiger partial charge on any atom is -0.542 e. The number of thiophene rings is 1. The van der Waals surface area contributed by atoms with Gasteiger partial charge in [-0.15, -0.1) is 13.2 Å². The molecule has 9 heteroatoms. The molecule has 1 aromatic carbocycles. The van der Waals surface area contributed by atoms with Crippen LogP contribution in [-0.4, -0.2) is 12.1 Å². The Hall–Kier alpha value is -1.77. The van der Waals surface area contributed by atoms with Gasteiger partial charge in [0.1, 0.15) is 5.97 Å². The molecule has 1 saturated carbocycles. The molecule has 0 aliphatic heterocycles. The summed E-state index contributed by atoms with van der Waals surface area (Å²) in [5, 5.41) is 9.55. The summed E-state index contributed by atoms with van der Waals surface area (Å²) in [6.07, 6.45) is -1.24. The number of benzene rings is 1. The Morgan fingerprint density at radius 3 is 2.04 bits per heavy atom. The van der Waals surface area contributed by atoms with E-state index in [9.17, 15) is 26.3 Å². The molecule has 0 amide bonds. The van der Waals surface area contributed by atoms with E-state index in [0.717, 1.165) is 31.1 Å². The zero-order valence-electron chi connectivity index (χ0n) is 12.8. The predicted molar refractivity (Wildman–Crippen MR) is 80.0 cm³/mol. The maximum atomic E-state index is 13.3. The lowest BCUT2D eigenvalue weighted by Gasteiger charge is -2.05. The minimum absolute atomic E-state index is 0.141. The van der Waals surface area contributed by atoms with Crippen molar-refractivity contribution in [2.75, 3.05) is 0 Å². The number of fused-ring (bicyclic) bond motifs is 1. The van der Waals surface area contributed by atoms with E-state index >= 15 is 0 Å². The second-order valence-corrected chi connectivity index (χ2v) is 7.59. The van der Waals surface area contributed by atoms with Crippen molar-refractivity contribution in [1.82, 2.24) is 0 Å². The zero-order chi connectivity index (χ0) is 18.8. The molecular formula is C16H14F6O2S. The molecular weight excluding hydrogens is 370 g/mol. The number of hydrogen-bond donors (Lipinski definition) is 0. The lowest BCUT2D eigenvalue weighted by atomic mass is 10.1. The Morgan fingerprint density at radius 1 is 1.04 bits per heavy atom. The Balaban J connectivity index is 0.000000277. The summed E-state index contributed by atoms with van der Waals surface area (Å²) in [5.74, 6) is -2.87. The van der Waals surface area contributed by atoms with Gasteiger partial charge in [-0.1, -0.05) is 25.0 Å². The summed E-state index contributed by atoms with van der Waals surface area (Å²) >= 11 is 0. The molecule has 138 valence electrons. The molecule has 3 rings (SSSR count). The molecule has 0 radical (unpaired) electrons. The van der Waals surface area contributed by atoms with E-state index in [-0.39, 0.29) is 5.92 Å². The van der Waals surface area contributed by atoms with Crippen molar-refractivity contribution in [2.24, 2.45) is 0 Å². The molecule has 0 saturated heterocycles. The van der Waals surface area contributed by atoms with Crippen LogP contribution in [0.15, 0.2) is 30.3 Å². The maximum absolute atomic E-state index is 13.3. The van der Waals surface area contributed by atoms with Gasteiger partial charge in [-0.05, 0) is 25.0 Å². The molecule has 25 heavy (non-hydrogen) atoms. The molecule has 1 unspecified atom stereocenters. The van der Waals surface area contributed by atoms with Gasteiger partial charge in [-0.25, -0.2) is 0 Å². The van der Waals surface area contributed by atoms with E-state index < -0.39 is 28.1 Å². The highest BCUT2D eigenvalue weighted by molar-refractivity contribution is 7.38. The standard InChI is InChI=1S/C14H14F3S.C2HF3O2/c15-14(16,17)18-12-8-4-3-7-11(12)9-13(18)10-5-1-2-6-10;3-2(4,5)1(6)7/h3-4,7-10H,1-2,5-6H2;(H,6,7)/q+1;/p-1. The summed E-state index contributed by atoms with van der Waals surface area (Å²) in [7, 11) is -1.69. The van der Waals surface area contributed by atoms with Crippen LogP contribution in [0.4, 0.5) is 26.3 Å². The molecule has 1 atom stereocenters. The number of carboxylic acid groups (broad SMARTS) is 1. The van der Waals surface area contributed by atoms with Crippen molar-refractivity contribution in [3.8, 4) is 0 Å². The van der Waals surface area contributed by atoms with Gasteiger partial charge in [0.05, 0.1) is 10.5 Å². The highest BCUT2D eigenvalue weighted by atomic mass is 32.2. The summed E-state index contributed by atoms with van der Waals surface area (Å²) < 4.78 is 72.0. The van der Waals surface area contributed by atoms with Gasteiger partial charge in [0.2, 0.25) is 0 Å². The molecule has 0 bridgehead atoms. The van der Waals surface area contributed by atoms with Crippen molar-refractivity contribution in [1.29, 1.82) is 0 Å². The molecule has 0 N–H and O–H groups in total. The number of rotatable bonds is 1. The SMILES string of the molecule is FC(F)(F)[s+]1c(C2CCCC2)cc2ccccc21.O=C([O-])C(F)(F)F. The molecule has 1 aliphatic carbocycles. The molecule has 1 aliphatic rings. The number of hydrogen-bond acceptors (Lipinski definition) is 2. The molecule has 1 fully saturated rings. The molecule has 2 aromatic rings. The Kier molecular flexibility index (Phi) is 5.65. The van der Waals surface area contributed by atoms with E-state index in [1.807, 2.05) is 6.07 Å². The van der Waals surface area contributed by atoms with Crippen LogP contribution in [0.1, 0.15) is 36.5 Å². The normalized spacial score (nSPS) is 16.6. The number of alkyl halides is 6. The van der Waals surface area contributed by atoms with E-state index in [0.29, 0.717) is 9.58 Å². The van der Waals surface area contributed by atoms with Crippen molar-refractivity contribution in [3.05, 3.63) is 35.2 Å². The summed E-state index contributed by atoms with van der Waals surface area (Å²) in [5.41, 5.74) is -4.14. The third kappa shape index (κ3) is 4.65. The second kappa shape index (κ2) is 7.23. The smallest absolute Gasteiger partial charge is 0.542 e. The number of carbonyl (C=O) groups is 1. The first-order valence-corrected chi connectivity index (χ1v) is 8.64. The number of carboxylic acids is 1. The molecule has 1 aromatic heterocycles. The fourth-order valence-electron chi connectivity index (χ4n) is 2.88. The number of carbonyl (C=O) groups excluding carboxylic acids is 1. The highest BCUT2D eigenvalue weighted by Gasteiger charge is 2.49. The fourth-order valence-corrected chi connectivity index (χ4v) is 5.04.